The monoisotopic (exact) mass is 306 g/mol. The van der Waals surface area contributed by atoms with Gasteiger partial charge in [0.25, 0.3) is 0 Å². The first-order chi connectivity index (χ1) is 10.9. The second kappa shape index (κ2) is 6.01. The first-order valence-corrected chi connectivity index (χ1v) is 7.84. The molecule has 0 amide bonds. The summed E-state index contributed by atoms with van der Waals surface area (Å²) >= 11 is 0. The fraction of sp³-hybridized carbons (Fsp3) is 0.250. The van der Waals surface area contributed by atoms with E-state index >= 15 is 0 Å². The number of hydrogen-bond donors (Lipinski definition) is 2. The van der Waals surface area contributed by atoms with E-state index in [4.69, 9.17) is 0 Å². The Hall–Kier alpha value is -2.39. The standard InChI is InChI=1S/C20H22N2O/c1-20(2,3)16-11-9-15(10-12-16)18(23)19-21-13-17(22-19)14-7-5-4-6-8-14/h4-13,18,23H,1-3H3,(H,21,22). The lowest BCUT2D eigenvalue weighted by molar-refractivity contribution is 0.211. The van der Waals surface area contributed by atoms with Gasteiger partial charge in [0.05, 0.1) is 11.9 Å². The van der Waals surface area contributed by atoms with Gasteiger partial charge in [-0.1, -0.05) is 75.4 Å². The molecule has 2 aromatic carbocycles. The van der Waals surface area contributed by atoms with Crippen LogP contribution in [0.25, 0.3) is 11.3 Å². The quantitative estimate of drug-likeness (QED) is 0.750. The third kappa shape index (κ3) is 3.35. The van der Waals surface area contributed by atoms with Gasteiger partial charge in [-0.25, -0.2) is 4.98 Å². The van der Waals surface area contributed by atoms with Crippen molar-refractivity contribution in [2.24, 2.45) is 0 Å². The number of aromatic nitrogens is 2. The highest BCUT2D eigenvalue weighted by molar-refractivity contribution is 5.58. The Bertz CT molecular complexity index is 767. The van der Waals surface area contributed by atoms with E-state index in [9.17, 15) is 5.11 Å². The molecule has 0 saturated carbocycles. The van der Waals surface area contributed by atoms with E-state index < -0.39 is 6.10 Å². The Labute approximate surface area is 137 Å². The summed E-state index contributed by atoms with van der Waals surface area (Å²) in [6.07, 6.45) is 1.01. The van der Waals surface area contributed by atoms with Crippen molar-refractivity contribution in [3.63, 3.8) is 0 Å². The molecule has 118 valence electrons. The number of H-pyrrole nitrogens is 1. The molecule has 1 aromatic heterocycles. The minimum absolute atomic E-state index is 0.106. The molecule has 2 N–H and O–H groups in total. The minimum Gasteiger partial charge on any atom is -0.380 e. The molecule has 0 aliphatic rings. The molecule has 0 radical (unpaired) electrons. The SMILES string of the molecule is CC(C)(C)c1ccc(C(O)c2ncc(-c3ccccc3)[nH]2)cc1. The fourth-order valence-electron chi connectivity index (χ4n) is 2.56. The zero-order valence-electron chi connectivity index (χ0n) is 13.7. The summed E-state index contributed by atoms with van der Waals surface area (Å²) in [4.78, 5) is 7.55. The highest BCUT2D eigenvalue weighted by Gasteiger charge is 2.17. The summed E-state index contributed by atoms with van der Waals surface area (Å²) in [6.45, 7) is 6.53. The van der Waals surface area contributed by atoms with Gasteiger partial charge in [0.1, 0.15) is 11.9 Å². The van der Waals surface area contributed by atoms with E-state index in [-0.39, 0.29) is 5.41 Å². The van der Waals surface area contributed by atoms with E-state index in [0.29, 0.717) is 5.82 Å². The van der Waals surface area contributed by atoms with Gasteiger partial charge >= 0.3 is 0 Å². The topological polar surface area (TPSA) is 48.9 Å². The molecule has 23 heavy (non-hydrogen) atoms. The Morgan fingerprint density at radius 2 is 1.61 bits per heavy atom. The van der Waals surface area contributed by atoms with Crippen LogP contribution in [0.4, 0.5) is 0 Å². The average molecular weight is 306 g/mol. The summed E-state index contributed by atoms with van der Waals surface area (Å²) in [5.74, 6) is 0.562. The summed E-state index contributed by atoms with van der Waals surface area (Å²) in [5.41, 5.74) is 4.16. The molecule has 0 bridgehead atoms. The van der Waals surface area contributed by atoms with Gasteiger partial charge in [0.15, 0.2) is 0 Å². The normalized spacial score (nSPS) is 13.0. The van der Waals surface area contributed by atoms with Gasteiger partial charge in [-0.05, 0) is 22.1 Å². The molecule has 3 heteroatoms. The molecule has 0 saturated heterocycles. The van der Waals surface area contributed by atoms with E-state index in [1.54, 1.807) is 6.20 Å². The summed E-state index contributed by atoms with van der Waals surface area (Å²) in [7, 11) is 0. The second-order valence-electron chi connectivity index (χ2n) is 6.82. The van der Waals surface area contributed by atoms with Crippen molar-refractivity contribution in [2.45, 2.75) is 32.3 Å². The van der Waals surface area contributed by atoms with E-state index in [0.717, 1.165) is 16.8 Å². The summed E-state index contributed by atoms with van der Waals surface area (Å²) < 4.78 is 0. The van der Waals surface area contributed by atoms with Gasteiger partial charge < -0.3 is 10.1 Å². The third-order valence-electron chi connectivity index (χ3n) is 4.03. The second-order valence-corrected chi connectivity index (χ2v) is 6.82. The highest BCUT2D eigenvalue weighted by Crippen LogP contribution is 2.26. The lowest BCUT2D eigenvalue weighted by atomic mass is 9.86. The van der Waals surface area contributed by atoms with Gasteiger partial charge in [0.2, 0.25) is 0 Å². The molecule has 0 aliphatic carbocycles. The molecule has 1 heterocycles. The van der Waals surface area contributed by atoms with Crippen LogP contribution in [-0.2, 0) is 5.41 Å². The smallest absolute Gasteiger partial charge is 0.140 e. The number of nitrogens with zero attached hydrogens (tertiary/aromatic N) is 1. The van der Waals surface area contributed by atoms with E-state index in [1.165, 1.54) is 5.56 Å². The highest BCUT2D eigenvalue weighted by atomic mass is 16.3. The van der Waals surface area contributed by atoms with Gasteiger partial charge in [-0.2, -0.15) is 0 Å². The number of aromatic amines is 1. The fourth-order valence-corrected chi connectivity index (χ4v) is 2.56. The number of aliphatic hydroxyl groups excluding tert-OH is 1. The predicted molar refractivity (Wildman–Crippen MR) is 93.2 cm³/mol. The first kappa shape index (κ1) is 15.5. The van der Waals surface area contributed by atoms with Crippen molar-refractivity contribution in [2.75, 3.05) is 0 Å². The maximum atomic E-state index is 10.6. The van der Waals surface area contributed by atoms with Gasteiger partial charge in [0, 0.05) is 0 Å². The van der Waals surface area contributed by atoms with Crippen LogP contribution < -0.4 is 0 Å². The van der Waals surface area contributed by atoms with Crippen LogP contribution in [0.15, 0.2) is 60.8 Å². The number of benzene rings is 2. The average Bonchev–Trinajstić information content (AvgIpc) is 3.04. The third-order valence-corrected chi connectivity index (χ3v) is 4.03. The van der Waals surface area contributed by atoms with Crippen LogP contribution in [0, 0.1) is 0 Å². The number of aliphatic hydroxyl groups is 1. The van der Waals surface area contributed by atoms with Crippen molar-refractivity contribution < 1.29 is 5.11 Å². The molecule has 0 aliphatic heterocycles. The largest absolute Gasteiger partial charge is 0.380 e. The van der Waals surface area contributed by atoms with Gasteiger partial charge in [-0.3, -0.25) is 0 Å². The van der Waals surface area contributed by atoms with Crippen molar-refractivity contribution in [3.8, 4) is 11.3 Å². The van der Waals surface area contributed by atoms with Crippen molar-refractivity contribution in [3.05, 3.63) is 77.7 Å². The maximum absolute atomic E-state index is 10.6. The maximum Gasteiger partial charge on any atom is 0.140 e. The summed E-state index contributed by atoms with van der Waals surface area (Å²) in [5, 5.41) is 10.6. The van der Waals surface area contributed by atoms with Gasteiger partial charge in [-0.15, -0.1) is 0 Å². The molecule has 1 atom stereocenters. The Balaban J connectivity index is 1.84. The Kier molecular flexibility index (Phi) is 4.05. The predicted octanol–water partition coefficient (Wildman–Crippen LogP) is 4.46. The molecule has 3 nitrogen and oxygen atoms in total. The van der Waals surface area contributed by atoms with Crippen LogP contribution in [0.1, 0.15) is 43.8 Å². The lowest BCUT2D eigenvalue weighted by Crippen LogP contribution is -2.11. The van der Waals surface area contributed by atoms with Crippen molar-refractivity contribution >= 4 is 0 Å². The zero-order chi connectivity index (χ0) is 16.4. The molecule has 3 rings (SSSR count). The molecule has 3 aromatic rings. The Morgan fingerprint density at radius 3 is 2.22 bits per heavy atom. The molecule has 0 spiro atoms. The number of nitrogens with one attached hydrogen (secondary N) is 1. The van der Waals surface area contributed by atoms with Crippen molar-refractivity contribution in [1.29, 1.82) is 0 Å². The van der Waals surface area contributed by atoms with E-state index in [1.807, 2.05) is 42.5 Å². The minimum atomic E-state index is -0.749. The Morgan fingerprint density at radius 1 is 0.957 bits per heavy atom. The van der Waals surface area contributed by atoms with E-state index in [2.05, 4.69) is 42.9 Å². The zero-order valence-corrected chi connectivity index (χ0v) is 13.7. The molecular formula is C20H22N2O. The van der Waals surface area contributed by atoms with Crippen LogP contribution in [0.5, 0.6) is 0 Å². The van der Waals surface area contributed by atoms with Crippen LogP contribution in [0.3, 0.4) is 0 Å². The van der Waals surface area contributed by atoms with Crippen LogP contribution >= 0.6 is 0 Å². The molecule has 0 fully saturated rings. The summed E-state index contributed by atoms with van der Waals surface area (Å²) in [6, 6.07) is 18.1. The lowest BCUT2D eigenvalue weighted by Gasteiger charge is -2.19. The van der Waals surface area contributed by atoms with Crippen LogP contribution in [-0.4, -0.2) is 15.1 Å². The number of imidazole rings is 1. The van der Waals surface area contributed by atoms with Crippen molar-refractivity contribution in [1.82, 2.24) is 9.97 Å². The number of hydrogen-bond acceptors (Lipinski definition) is 2. The van der Waals surface area contributed by atoms with Crippen LogP contribution in [0.2, 0.25) is 0 Å². The first-order valence-electron chi connectivity index (χ1n) is 7.84. The molecule has 1 unspecified atom stereocenters. The molecular weight excluding hydrogens is 284 g/mol. The number of rotatable bonds is 3.